The van der Waals surface area contributed by atoms with Crippen molar-refractivity contribution in [1.82, 2.24) is 19.6 Å². The van der Waals surface area contributed by atoms with Gasteiger partial charge in [0, 0.05) is 37.7 Å². The van der Waals surface area contributed by atoms with Crippen molar-refractivity contribution in [3.05, 3.63) is 51.3 Å². The smallest absolute Gasteiger partial charge is 0.227 e. The Kier molecular flexibility index (Phi) is 6.45. The van der Waals surface area contributed by atoms with Crippen molar-refractivity contribution >= 4 is 29.1 Å². The molecule has 27 heavy (non-hydrogen) atoms. The van der Waals surface area contributed by atoms with Crippen LogP contribution < -0.4 is 0 Å². The zero-order chi connectivity index (χ0) is 19.6. The van der Waals surface area contributed by atoms with Gasteiger partial charge in [0.1, 0.15) is 0 Å². The predicted octanol–water partition coefficient (Wildman–Crippen LogP) is 3.79. The molecule has 2 heterocycles. The highest BCUT2D eigenvalue weighted by atomic mass is 35.5. The maximum atomic E-state index is 12.8. The largest absolute Gasteiger partial charge is 0.340 e. The Bertz CT molecular complexity index is 812. The summed E-state index contributed by atoms with van der Waals surface area (Å²) in [6, 6.07) is 7.95. The molecule has 146 valence electrons. The minimum atomic E-state index is -0.126. The van der Waals surface area contributed by atoms with Gasteiger partial charge in [0.05, 0.1) is 28.9 Å². The van der Waals surface area contributed by atoms with E-state index < -0.39 is 0 Å². The molecule has 3 rings (SSSR count). The van der Waals surface area contributed by atoms with Crippen LogP contribution in [0.25, 0.3) is 0 Å². The topological polar surface area (TPSA) is 41.4 Å². The molecule has 1 atom stereocenters. The van der Waals surface area contributed by atoms with Crippen LogP contribution in [0.15, 0.2) is 24.3 Å². The van der Waals surface area contributed by atoms with Gasteiger partial charge in [-0.2, -0.15) is 5.10 Å². The molecule has 0 N–H and O–H groups in total. The molecule has 1 aliphatic rings. The Morgan fingerprint density at radius 2 is 1.89 bits per heavy atom. The lowest BCUT2D eigenvalue weighted by molar-refractivity contribution is -0.137. The highest BCUT2D eigenvalue weighted by molar-refractivity contribution is 6.31. The van der Waals surface area contributed by atoms with Gasteiger partial charge in [-0.15, -0.1) is 0 Å². The van der Waals surface area contributed by atoms with Crippen molar-refractivity contribution < 1.29 is 4.79 Å². The number of halogens is 2. The standard InChI is InChI=1S/C20H26Cl2N4O/c1-14(12-26-16(3)19(22)15(2)23-26)20(27)25-9-7-24(8-10-25)13-17-5-4-6-18(21)11-17/h4-6,11,14H,7-10,12-13H2,1-3H3. The van der Waals surface area contributed by atoms with Crippen molar-refractivity contribution in [2.75, 3.05) is 26.2 Å². The lowest BCUT2D eigenvalue weighted by Crippen LogP contribution is -2.50. The van der Waals surface area contributed by atoms with Crippen molar-refractivity contribution in [2.45, 2.75) is 33.9 Å². The second-order valence-corrected chi connectivity index (χ2v) is 8.11. The number of amides is 1. The molecule has 1 saturated heterocycles. The predicted molar refractivity (Wildman–Crippen MR) is 109 cm³/mol. The van der Waals surface area contributed by atoms with E-state index in [1.54, 1.807) is 0 Å². The Balaban J connectivity index is 1.52. The average molecular weight is 409 g/mol. The van der Waals surface area contributed by atoms with Gasteiger partial charge in [-0.25, -0.2) is 0 Å². The molecule has 1 aromatic heterocycles. The minimum Gasteiger partial charge on any atom is -0.340 e. The molecular weight excluding hydrogens is 383 g/mol. The Morgan fingerprint density at radius 3 is 2.48 bits per heavy atom. The van der Waals surface area contributed by atoms with E-state index >= 15 is 0 Å². The third-order valence-electron chi connectivity index (χ3n) is 5.14. The molecule has 0 saturated carbocycles. The molecule has 0 aliphatic carbocycles. The molecule has 1 fully saturated rings. The Hall–Kier alpha value is -1.56. The van der Waals surface area contributed by atoms with Crippen LogP contribution in [-0.2, 0) is 17.9 Å². The molecular formula is C20H26Cl2N4O. The normalized spacial score (nSPS) is 16.6. The zero-order valence-corrected chi connectivity index (χ0v) is 17.6. The first-order valence-corrected chi connectivity index (χ1v) is 10.1. The van der Waals surface area contributed by atoms with E-state index in [1.807, 2.05) is 48.6 Å². The van der Waals surface area contributed by atoms with Crippen LogP contribution in [0.2, 0.25) is 10.0 Å². The van der Waals surface area contributed by atoms with Gasteiger partial charge in [-0.1, -0.05) is 42.3 Å². The van der Waals surface area contributed by atoms with Crippen molar-refractivity contribution in [3.63, 3.8) is 0 Å². The van der Waals surface area contributed by atoms with Crippen LogP contribution >= 0.6 is 23.2 Å². The third-order valence-corrected chi connectivity index (χ3v) is 5.92. The maximum Gasteiger partial charge on any atom is 0.227 e. The van der Waals surface area contributed by atoms with Crippen molar-refractivity contribution in [1.29, 1.82) is 0 Å². The summed E-state index contributed by atoms with van der Waals surface area (Å²) in [5.41, 5.74) is 2.93. The quantitative estimate of drug-likeness (QED) is 0.755. The number of hydrogen-bond acceptors (Lipinski definition) is 3. The SMILES string of the molecule is Cc1nn(CC(C)C(=O)N2CCN(Cc3cccc(Cl)c3)CC2)c(C)c1Cl. The molecule has 7 heteroatoms. The van der Waals surface area contributed by atoms with Gasteiger partial charge in [0.2, 0.25) is 5.91 Å². The van der Waals surface area contributed by atoms with E-state index in [0.29, 0.717) is 11.6 Å². The van der Waals surface area contributed by atoms with Crippen LogP contribution in [0.3, 0.4) is 0 Å². The number of nitrogens with zero attached hydrogens (tertiary/aromatic N) is 4. The van der Waals surface area contributed by atoms with Gasteiger partial charge in [0.15, 0.2) is 0 Å². The molecule has 0 bridgehead atoms. The van der Waals surface area contributed by atoms with Gasteiger partial charge in [-0.05, 0) is 31.5 Å². The summed E-state index contributed by atoms with van der Waals surface area (Å²) < 4.78 is 1.84. The number of carbonyl (C=O) groups excluding carboxylic acids is 1. The van der Waals surface area contributed by atoms with E-state index in [2.05, 4.69) is 16.1 Å². The Labute approximate surface area is 170 Å². The minimum absolute atomic E-state index is 0.126. The van der Waals surface area contributed by atoms with Crippen LogP contribution in [-0.4, -0.2) is 51.7 Å². The maximum absolute atomic E-state index is 12.8. The number of hydrogen-bond donors (Lipinski definition) is 0. The first-order valence-electron chi connectivity index (χ1n) is 9.30. The summed E-state index contributed by atoms with van der Waals surface area (Å²) in [5.74, 6) is 0.0552. The monoisotopic (exact) mass is 408 g/mol. The molecule has 5 nitrogen and oxygen atoms in total. The summed E-state index contributed by atoms with van der Waals surface area (Å²) in [7, 11) is 0. The van der Waals surface area contributed by atoms with E-state index in [4.69, 9.17) is 23.2 Å². The molecule has 0 spiro atoms. The number of rotatable bonds is 5. The van der Waals surface area contributed by atoms with Crippen LogP contribution in [0.4, 0.5) is 0 Å². The van der Waals surface area contributed by atoms with E-state index in [0.717, 1.165) is 49.1 Å². The Morgan fingerprint density at radius 1 is 1.19 bits per heavy atom. The molecule has 2 aromatic rings. The highest BCUT2D eigenvalue weighted by Gasteiger charge is 2.26. The first-order chi connectivity index (χ1) is 12.8. The van der Waals surface area contributed by atoms with Gasteiger partial charge >= 0.3 is 0 Å². The summed E-state index contributed by atoms with van der Waals surface area (Å²) in [5, 5.41) is 5.89. The summed E-state index contributed by atoms with van der Waals surface area (Å²) >= 11 is 12.3. The fourth-order valence-electron chi connectivity index (χ4n) is 3.52. The highest BCUT2D eigenvalue weighted by Crippen LogP contribution is 2.21. The summed E-state index contributed by atoms with van der Waals surface area (Å²) in [6.45, 7) is 10.5. The summed E-state index contributed by atoms with van der Waals surface area (Å²) in [4.78, 5) is 17.2. The van der Waals surface area contributed by atoms with E-state index in [1.165, 1.54) is 5.56 Å². The molecule has 0 radical (unpaired) electrons. The molecule has 1 aliphatic heterocycles. The summed E-state index contributed by atoms with van der Waals surface area (Å²) in [6.07, 6.45) is 0. The number of piperazine rings is 1. The number of aromatic nitrogens is 2. The average Bonchev–Trinajstić information content (AvgIpc) is 2.88. The second-order valence-electron chi connectivity index (χ2n) is 7.30. The fourth-order valence-corrected chi connectivity index (χ4v) is 3.87. The van der Waals surface area contributed by atoms with E-state index in [9.17, 15) is 4.79 Å². The number of benzene rings is 1. The fraction of sp³-hybridized carbons (Fsp3) is 0.500. The molecule has 1 aromatic carbocycles. The van der Waals surface area contributed by atoms with Crippen molar-refractivity contribution in [3.8, 4) is 0 Å². The van der Waals surface area contributed by atoms with E-state index in [-0.39, 0.29) is 11.8 Å². The van der Waals surface area contributed by atoms with Gasteiger partial charge in [0.25, 0.3) is 0 Å². The molecule has 1 amide bonds. The third kappa shape index (κ3) is 4.84. The van der Waals surface area contributed by atoms with Crippen LogP contribution in [0.1, 0.15) is 23.9 Å². The van der Waals surface area contributed by atoms with Crippen LogP contribution in [0, 0.1) is 19.8 Å². The molecule has 1 unspecified atom stereocenters. The van der Waals surface area contributed by atoms with Gasteiger partial charge < -0.3 is 4.90 Å². The van der Waals surface area contributed by atoms with Crippen LogP contribution in [0.5, 0.6) is 0 Å². The first kappa shape index (κ1) is 20.2. The van der Waals surface area contributed by atoms with Crippen molar-refractivity contribution in [2.24, 2.45) is 5.92 Å². The number of carbonyl (C=O) groups is 1. The zero-order valence-electron chi connectivity index (χ0n) is 16.1. The second kappa shape index (κ2) is 8.63. The number of aryl methyl sites for hydroxylation is 1. The van der Waals surface area contributed by atoms with Gasteiger partial charge in [-0.3, -0.25) is 14.4 Å². The lowest BCUT2D eigenvalue weighted by atomic mass is 10.1. The lowest BCUT2D eigenvalue weighted by Gasteiger charge is -2.36.